The Morgan fingerprint density at radius 1 is 0.317 bits per heavy atom. The van der Waals surface area contributed by atoms with Gasteiger partial charge in [0, 0.05) is 49.4 Å². The van der Waals surface area contributed by atoms with Crippen molar-refractivity contribution >= 4 is 76.4 Å². The number of hydrogen-bond donors (Lipinski definition) is 0. The van der Waals surface area contributed by atoms with Crippen molar-refractivity contribution in [1.29, 1.82) is 0 Å². The second-order valence-corrected chi connectivity index (χ2v) is 16.7. The lowest BCUT2D eigenvalue weighted by Crippen LogP contribution is -2.05. The molecule has 3 heteroatoms. The Hall–Kier alpha value is -8.14. The first-order valence-electron chi connectivity index (χ1n) is 21.7. The van der Waals surface area contributed by atoms with Gasteiger partial charge in [0.05, 0.1) is 0 Å². The number of para-hydroxylation sites is 2. The third kappa shape index (κ3) is 5.81. The summed E-state index contributed by atoms with van der Waals surface area (Å²) in [6.07, 6.45) is 0.787. The molecule has 3 aromatic heterocycles. The lowest BCUT2D eigenvalue weighted by Gasteiger charge is -2.20. The number of hydrogen-bond acceptors (Lipinski definition) is 3. The van der Waals surface area contributed by atoms with Crippen molar-refractivity contribution < 1.29 is 13.3 Å². The van der Waals surface area contributed by atoms with E-state index in [9.17, 15) is 0 Å². The minimum Gasteiger partial charge on any atom is -0.456 e. The molecule has 0 saturated heterocycles. The van der Waals surface area contributed by atoms with Crippen LogP contribution in [0.5, 0.6) is 0 Å². The van der Waals surface area contributed by atoms with Crippen LogP contribution in [0.1, 0.15) is 22.6 Å². The highest BCUT2D eigenvalue weighted by atomic mass is 16.3. The molecule has 0 spiro atoms. The monoisotopic (exact) mass is 806 g/mol. The fourth-order valence-electron chi connectivity index (χ4n) is 10.1. The topological polar surface area (TPSA) is 39.4 Å². The molecule has 0 unspecified atom stereocenters. The quantitative estimate of drug-likeness (QED) is 0.151. The summed E-state index contributed by atoms with van der Waals surface area (Å²) in [5.74, 6) is 0.929. The summed E-state index contributed by atoms with van der Waals surface area (Å²) in [5.41, 5.74) is 13.8. The van der Waals surface area contributed by atoms with Gasteiger partial charge in [-0.1, -0.05) is 182 Å². The van der Waals surface area contributed by atoms with E-state index in [1.54, 1.807) is 0 Å². The highest BCUT2D eigenvalue weighted by molar-refractivity contribution is 6.29. The van der Waals surface area contributed by atoms with Crippen LogP contribution in [0.3, 0.4) is 0 Å². The summed E-state index contributed by atoms with van der Waals surface area (Å²) in [5, 5.41) is 10.3. The van der Waals surface area contributed by atoms with Gasteiger partial charge in [0.15, 0.2) is 0 Å². The summed E-state index contributed by atoms with van der Waals surface area (Å²) in [6.45, 7) is 0. The van der Waals surface area contributed by atoms with Crippen LogP contribution in [0, 0.1) is 0 Å². The van der Waals surface area contributed by atoms with E-state index < -0.39 is 0 Å². The molecule has 3 heterocycles. The third-order valence-electron chi connectivity index (χ3n) is 13.1. The Kier molecular flexibility index (Phi) is 8.04. The van der Waals surface area contributed by atoms with E-state index in [0.717, 1.165) is 94.7 Å². The smallest absolute Gasteiger partial charge is 0.143 e. The molecule has 13 aromatic rings. The van der Waals surface area contributed by atoms with Crippen LogP contribution < -0.4 is 0 Å². The normalized spacial score (nSPS) is 12.4. The molecule has 0 saturated carbocycles. The summed E-state index contributed by atoms with van der Waals surface area (Å²) in [6, 6.07) is 76.0. The number of fused-ring (bicyclic) bond motifs is 12. The second-order valence-electron chi connectivity index (χ2n) is 16.7. The molecule has 13 rings (SSSR count). The van der Waals surface area contributed by atoms with E-state index >= 15 is 0 Å². The summed E-state index contributed by atoms with van der Waals surface area (Å²) >= 11 is 0. The van der Waals surface area contributed by atoms with Gasteiger partial charge in [0.2, 0.25) is 0 Å². The SMILES string of the molecule is c1ccc(-c2oc3c4ccccc4c4cc(-c5cccc([C@@H](Cc6ccc7c(c6)oc6ccccc67)c6ccc7c(c6)oc6ccccc67)c5)ccc4c3c2-c2ccccc2)cc1. The molecule has 0 amide bonds. The molecule has 0 aliphatic heterocycles. The van der Waals surface area contributed by atoms with Gasteiger partial charge in [0.1, 0.15) is 33.7 Å². The maximum absolute atomic E-state index is 6.98. The molecule has 0 radical (unpaired) electrons. The van der Waals surface area contributed by atoms with Crippen molar-refractivity contribution in [3.05, 3.63) is 229 Å². The fourth-order valence-corrected chi connectivity index (χ4v) is 10.1. The lowest BCUT2D eigenvalue weighted by atomic mass is 9.84. The van der Waals surface area contributed by atoms with Gasteiger partial charge in [-0.05, 0) is 86.3 Å². The maximum Gasteiger partial charge on any atom is 0.143 e. The zero-order valence-electron chi connectivity index (χ0n) is 34.2. The minimum atomic E-state index is 0.0427. The molecule has 63 heavy (non-hydrogen) atoms. The van der Waals surface area contributed by atoms with Crippen molar-refractivity contribution in [2.24, 2.45) is 0 Å². The van der Waals surface area contributed by atoms with Gasteiger partial charge in [-0.15, -0.1) is 0 Å². The van der Waals surface area contributed by atoms with Crippen LogP contribution in [0.15, 0.2) is 226 Å². The van der Waals surface area contributed by atoms with Gasteiger partial charge in [-0.25, -0.2) is 0 Å². The predicted molar refractivity (Wildman–Crippen MR) is 261 cm³/mol. The first kappa shape index (κ1) is 35.6. The van der Waals surface area contributed by atoms with Gasteiger partial charge in [-0.3, -0.25) is 0 Å². The number of rotatable bonds is 7. The second kappa shape index (κ2) is 14.2. The molecule has 3 nitrogen and oxygen atoms in total. The molecule has 0 N–H and O–H groups in total. The zero-order valence-corrected chi connectivity index (χ0v) is 34.2. The van der Waals surface area contributed by atoms with Crippen LogP contribution in [0.4, 0.5) is 0 Å². The van der Waals surface area contributed by atoms with Crippen LogP contribution in [-0.2, 0) is 6.42 Å². The van der Waals surface area contributed by atoms with E-state index in [4.69, 9.17) is 13.3 Å². The van der Waals surface area contributed by atoms with Crippen molar-refractivity contribution in [2.45, 2.75) is 12.3 Å². The first-order chi connectivity index (χ1) is 31.2. The van der Waals surface area contributed by atoms with Crippen molar-refractivity contribution in [1.82, 2.24) is 0 Å². The Morgan fingerprint density at radius 2 is 0.873 bits per heavy atom. The van der Waals surface area contributed by atoms with E-state index in [1.807, 2.05) is 24.3 Å². The Balaban J connectivity index is 0.978. The molecular weight excluding hydrogens is 769 g/mol. The van der Waals surface area contributed by atoms with Crippen LogP contribution in [-0.4, -0.2) is 0 Å². The molecular formula is C60H38O3. The number of benzene rings is 10. The standard InChI is InChI=1S/C60H38O3/c1-3-14-38(15-4-1)57-58-49-31-27-41(35-52(49)44-20-7-8-23-50(44)60(58)63-59(57)39-16-5-2-6-17-39)40-18-13-19-42(34-40)51(43-28-30-48-46-22-10-12-25-54(46)62-56(48)36-43)32-37-26-29-47-45-21-9-11-24-53(45)61-55(47)33-37/h1-31,33-36,51H,32H2/t51-/m1/s1. The Bertz CT molecular complexity index is 3890. The van der Waals surface area contributed by atoms with Gasteiger partial charge < -0.3 is 13.3 Å². The maximum atomic E-state index is 6.98. The lowest BCUT2D eigenvalue weighted by molar-refractivity contribution is 0.636. The van der Waals surface area contributed by atoms with Gasteiger partial charge >= 0.3 is 0 Å². The molecule has 0 aliphatic rings. The molecule has 0 bridgehead atoms. The Morgan fingerprint density at radius 3 is 1.62 bits per heavy atom. The van der Waals surface area contributed by atoms with E-state index in [2.05, 4.69) is 188 Å². The van der Waals surface area contributed by atoms with E-state index in [0.29, 0.717) is 0 Å². The molecule has 1 atom stereocenters. The van der Waals surface area contributed by atoms with Gasteiger partial charge in [0.25, 0.3) is 0 Å². The molecule has 10 aromatic carbocycles. The van der Waals surface area contributed by atoms with Crippen molar-refractivity contribution in [3.8, 4) is 33.6 Å². The molecule has 0 aliphatic carbocycles. The van der Waals surface area contributed by atoms with E-state index in [-0.39, 0.29) is 5.92 Å². The predicted octanol–water partition coefficient (Wildman–Crippen LogP) is 16.9. The van der Waals surface area contributed by atoms with Crippen LogP contribution in [0.25, 0.3) is 110 Å². The fraction of sp³-hybridized carbons (Fsp3) is 0.0333. The summed E-state index contributed by atoms with van der Waals surface area (Å²) in [7, 11) is 0. The highest BCUT2D eigenvalue weighted by Crippen LogP contribution is 2.48. The number of furan rings is 3. The van der Waals surface area contributed by atoms with Gasteiger partial charge in [-0.2, -0.15) is 0 Å². The largest absolute Gasteiger partial charge is 0.456 e. The average molecular weight is 807 g/mol. The average Bonchev–Trinajstić information content (AvgIpc) is 4.05. The van der Waals surface area contributed by atoms with Crippen LogP contribution >= 0.6 is 0 Å². The van der Waals surface area contributed by atoms with Crippen molar-refractivity contribution in [2.75, 3.05) is 0 Å². The Labute approximate surface area is 363 Å². The minimum absolute atomic E-state index is 0.0427. The van der Waals surface area contributed by atoms with Crippen LogP contribution in [0.2, 0.25) is 0 Å². The molecule has 296 valence electrons. The molecule has 0 fully saturated rings. The highest BCUT2D eigenvalue weighted by Gasteiger charge is 2.24. The third-order valence-corrected chi connectivity index (χ3v) is 13.1. The van der Waals surface area contributed by atoms with E-state index in [1.165, 1.54) is 38.4 Å². The summed E-state index contributed by atoms with van der Waals surface area (Å²) < 4.78 is 19.8. The summed E-state index contributed by atoms with van der Waals surface area (Å²) in [4.78, 5) is 0. The zero-order chi connectivity index (χ0) is 41.4. The first-order valence-corrected chi connectivity index (χ1v) is 21.7. The van der Waals surface area contributed by atoms with Crippen molar-refractivity contribution in [3.63, 3.8) is 0 Å².